The highest BCUT2D eigenvalue weighted by Gasteiger charge is 2.62. The van der Waals surface area contributed by atoms with Crippen molar-refractivity contribution >= 4 is 23.3 Å². The van der Waals surface area contributed by atoms with Crippen molar-refractivity contribution in [2.75, 3.05) is 25.5 Å². The van der Waals surface area contributed by atoms with E-state index in [1.165, 1.54) is 0 Å². The van der Waals surface area contributed by atoms with Crippen LogP contribution in [0.3, 0.4) is 0 Å². The molecule has 4 atom stereocenters. The van der Waals surface area contributed by atoms with Crippen LogP contribution in [0.25, 0.3) is 0 Å². The van der Waals surface area contributed by atoms with Crippen molar-refractivity contribution in [3.05, 3.63) is 40.0 Å². The highest BCUT2D eigenvalue weighted by atomic mass is 16.3. The zero-order valence-electron chi connectivity index (χ0n) is 18.4. The largest absolute Gasteiger partial charge is 0.510 e. The Balaban J connectivity index is 1.96. The number of fused-ring (bicyclic) bond motifs is 3. The van der Waals surface area contributed by atoms with Gasteiger partial charge in [-0.15, -0.1) is 0 Å². The molecule has 11 heteroatoms. The molecule has 7 N–H and O–H groups in total. The molecule has 11 nitrogen and oxygen atoms in total. The second-order valence-corrected chi connectivity index (χ2v) is 8.81. The number of carbonyl (C=O) groups is 3. The summed E-state index contributed by atoms with van der Waals surface area (Å²) in [5, 5.41) is 46.6. The Morgan fingerprint density at radius 3 is 2.55 bits per heavy atom. The minimum absolute atomic E-state index is 0.0309. The first-order valence-corrected chi connectivity index (χ1v) is 10.6. The van der Waals surface area contributed by atoms with Crippen LogP contribution in [-0.2, 0) is 16.0 Å². The molecule has 1 aromatic rings. The lowest BCUT2D eigenvalue weighted by molar-refractivity contribution is -0.146. The van der Waals surface area contributed by atoms with Crippen molar-refractivity contribution < 1.29 is 34.8 Å². The van der Waals surface area contributed by atoms with E-state index in [0.29, 0.717) is 17.9 Å². The number of carbonyl (C=O) groups excluding carboxylic acids is 3. The number of allylic oxidation sites excluding steroid dienone is 1. The number of ketones is 2. The van der Waals surface area contributed by atoms with Crippen LogP contribution in [0.1, 0.15) is 29.3 Å². The maximum Gasteiger partial charge on any atom is 0.255 e. The number of hydrogen-bond donors (Lipinski definition) is 6. The van der Waals surface area contributed by atoms with Crippen LogP contribution in [0.2, 0.25) is 0 Å². The summed E-state index contributed by atoms with van der Waals surface area (Å²) in [5.41, 5.74) is 2.04. The van der Waals surface area contributed by atoms with Crippen molar-refractivity contribution in [3.8, 4) is 5.75 Å². The number of aromatic nitrogens is 1. The van der Waals surface area contributed by atoms with Crippen LogP contribution in [0.4, 0.5) is 5.82 Å². The van der Waals surface area contributed by atoms with Crippen LogP contribution in [-0.4, -0.2) is 75.2 Å². The van der Waals surface area contributed by atoms with E-state index in [1.54, 1.807) is 25.9 Å². The summed E-state index contributed by atoms with van der Waals surface area (Å²) in [6.07, 6.45) is 1.36. The van der Waals surface area contributed by atoms with Crippen LogP contribution < -0.4 is 16.0 Å². The molecule has 0 unspecified atom stereocenters. The molecule has 0 aromatic carbocycles. The molecule has 1 heterocycles. The Labute approximate surface area is 189 Å². The van der Waals surface area contributed by atoms with Gasteiger partial charge in [0.25, 0.3) is 5.91 Å². The van der Waals surface area contributed by atoms with Gasteiger partial charge in [0.15, 0.2) is 11.4 Å². The van der Waals surface area contributed by atoms with E-state index in [-0.39, 0.29) is 29.7 Å². The monoisotopic (exact) mass is 458 g/mol. The molecule has 1 amide bonds. The molecular weight excluding hydrogens is 432 g/mol. The molecule has 33 heavy (non-hydrogen) atoms. The van der Waals surface area contributed by atoms with Crippen LogP contribution in [0.15, 0.2) is 28.9 Å². The lowest BCUT2D eigenvalue weighted by atomic mass is 9.59. The SMILES string of the molecule is CCN[C@@H]1C(O)=C(C(N)=O)C(=O)[C@@]2(O)C(O)=C3C(=O)c4c(O)cnc(N(C)C)c4C[C@H]3C[C@@H]12. The van der Waals surface area contributed by atoms with Crippen molar-refractivity contribution in [2.24, 2.45) is 17.6 Å². The molecule has 4 rings (SSSR count). The molecule has 3 aliphatic rings. The first kappa shape index (κ1) is 22.7. The van der Waals surface area contributed by atoms with Gasteiger partial charge in [0.1, 0.15) is 28.7 Å². The molecule has 1 aromatic heterocycles. The lowest BCUT2D eigenvalue weighted by Crippen LogP contribution is -2.64. The number of amides is 1. The second kappa shape index (κ2) is 7.56. The Morgan fingerprint density at radius 2 is 1.97 bits per heavy atom. The third kappa shape index (κ3) is 2.96. The first-order chi connectivity index (χ1) is 15.5. The average Bonchev–Trinajstić information content (AvgIpc) is 2.73. The van der Waals surface area contributed by atoms with Crippen LogP contribution in [0.5, 0.6) is 5.75 Å². The number of Topliss-reactive ketones (excluding diaryl/α,β-unsaturated/α-hetero) is 2. The van der Waals surface area contributed by atoms with E-state index in [9.17, 15) is 34.8 Å². The number of aliphatic hydroxyl groups excluding tert-OH is 2. The highest BCUT2D eigenvalue weighted by Crippen LogP contribution is 2.52. The van der Waals surface area contributed by atoms with Crippen molar-refractivity contribution in [3.63, 3.8) is 0 Å². The van der Waals surface area contributed by atoms with Crippen molar-refractivity contribution in [1.82, 2.24) is 10.3 Å². The molecule has 176 valence electrons. The Bertz CT molecular complexity index is 1160. The van der Waals surface area contributed by atoms with Crippen LogP contribution in [0, 0.1) is 11.8 Å². The fraction of sp³-hybridized carbons (Fsp3) is 0.455. The number of nitrogens with one attached hydrogen (secondary N) is 1. The predicted octanol–water partition coefficient (Wildman–Crippen LogP) is -0.370. The fourth-order valence-corrected chi connectivity index (χ4v) is 5.39. The van der Waals surface area contributed by atoms with E-state index >= 15 is 0 Å². The quantitative estimate of drug-likeness (QED) is 0.325. The molecule has 0 spiro atoms. The third-order valence-corrected chi connectivity index (χ3v) is 6.78. The van der Waals surface area contributed by atoms with Gasteiger partial charge in [0.05, 0.1) is 17.8 Å². The number of aromatic hydroxyl groups is 1. The van der Waals surface area contributed by atoms with Crippen molar-refractivity contribution in [1.29, 1.82) is 0 Å². The number of pyridine rings is 1. The number of aliphatic hydroxyl groups is 3. The number of nitrogens with zero attached hydrogens (tertiary/aromatic N) is 2. The Morgan fingerprint density at radius 1 is 1.30 bits per heavy atom. The predicted molar refractivity (Wildman–Crippen MR) is 116 cm³/mol. The summed E-state index contributed by atoms with van der Waals surface area (Å²) in [5.74, 6) is -6.37. The topological polar surface area (TPSA) is 186 Å². The summed E-state index contributed by atoms with van der Waals surface area (Å²) >= 11 is 0. The molecule has 0 bridgehead atoms. The summed E-state index contributed by atoms with van der Waals surface area (Å²) < 4.78 is 0. The van der Waals surface area contributed by atoms with Gasteiger partial charge < -0.3 is 36.4 Å². The first-order valence-electron chi connectivity index (χ1n) is 10.6. The molecule has 0 radical (unpaired) electrons. The van der Waals surface area contributed by atoms with Gasteiger partial charge in [0, 0.05) is 31.1 Å². The lowest BCUT2D eigenvalue weighted by Gasteiger charge is -2.48. The van der Waals surface area contributed by atoms with Gasteiger partial charge in [-0.25, -0.2) is 4.98 Å². The molecule has 0 fully saturated rings. The third-order valence-electron chi connectivity index (χ3n) is 6.78. The zero-order chi connectivity index (χ0) is 24.4. The maximum absolute atomic E-state index is 13.5. The number of primary amides is 1. The van der Waals surface area contributed by atoms with E-state index in [4.69, 9.17) is 5.73 Å². The molecule has 0 saturated carbocycles. The van der Waals surface area contributed by atoms with E-state index in [2.05, 4.69) is 10.3 Å². The minimum atomic E-state index is -2.64. The van der Waals surface area contributed by atoms with Gasteiger partial charge in [-0.2, -0.15) is 0 Å². The molecule has 0 saturated heterocycles. The fourth-order valence-electron chi connectivity index (χ4n) is 5.39. The normalized spacial score (nSPS) is 28.9. The number of rotatable bonds is 4. The molecule has 3 aliphatic carbocycles. The Hall–Kier alpha value is -3.44. The van der Waals surface area contributed by atoms with E-state index < -0.39 is 58.0 Å². The Kier molecular flexibility index (Phi) is 5.21. The summed E-state index contributed by atoms with van der Waals surface area (Å²) in [7, 11) is 3.48. The number of likely N-dealkylation sites (N-methyl/N-ethyl adjacent to an activating group) is 1. The smallest absolute Gasteiger partial charge is 0.255 e. The van der Waals surface area contributed by atoms with Gasteiger partial charge in [-0.05, 0) is 25.3 Å². The number of hydrogen-bond acceptors (Lipinski definition) is 10. The van der Waals surface area contributed by atoms with Gasteiger partial charge in [-0.3, -0.25) is 14.4 Å². The molecular formula is C22H26N4O7. The second-order valence-electron chi connectivity index (χ2n) is 8.81. The van der Waals surface area contributed by atoms with E-state index in [0.717, 1.165) is 6.20 Å². The number of anilines is 1. The highest BCUT2D eigenvalue weighted by molar-refractivity contribution is 6.24. The van der Waals surface area contributed by atoms with Gasteiger partial charge in [0.2, 0.25) is 5.78 Å². The zero-order valence-corrected chi connectivity index (χ0v) is 18.4. The standard InChI is InChI=1S/C22H26N4O7/c1-4-24-15-10-6-8-5-9-13(11(27)7-25-21(9)26(2)3)16(28)12(8)18(30)22(10,33)19(31)14(17(15)29)20(23)32/h7-8,10,15,24,27,29-30,33H,4-6H2,1-3H3,(H2,23,32)/t8-,10-,15-,22-/m0/s1. The summed E-state index contributed by atoms with van der Waals surface area (Å²) in [4.78, 5) is 44.5. The van der Waals surface area contributed by atoms with Crippen molar-refractivity contribution in [2.45, 2.75) is 31.4 Å². The summed E-state index contributed by atoms with van der Waals surface area (Å²) in [6.45, 7) is 2.04. The molecule has 0 aliphatic heterocycles. The van der Waals surface area contributed by atoms with Crippen LogP contribution >= 0.6 is 0 Å². The number of nitrogens with two attached hydrogens (primary N) is 1. The van der Waals surface area contributed by atoms with Gasteiger partial charge >= 0.3 is 0 Å². The minimum Gasteiger partial charge on any atom is -0.510 e. The average molecular weight is 458 g/mol. The summed E-state index contributed by atoms with van der Waals surface area (Å²) in [6, 6.07) is -1.06. The maximum atomic E-state index is 13.5. The van der Waals surface area contributed by atoms with Gasteiger partial charge in [-0.1, -0.05) is 6.92 Å². The van der Waals surface area contributed by atoms with E-state index in [1.807, 2.05) is 0 Å².